The Morgan fingerprint density at radius 1 is 1.14 bits per heavy atom. The quantitative estimate of drug-likeness (QED) is 0.560. The minimum Gasteiger partial charge on any atom is -0.378 e. The molecule has 0 aliphatic heterocycles. The van der Waals surface area contributed by atoms with Gasteiger partial charge in [-0.2, -0.15) is 0 Å². The van der Waals surface area contributed by atoms with Gasteiger partial charge >= 0.3 is 0 Å². The van der Waals surface area contributed by atoms with Crippen LogP contribution in [0.4, 0.5) is 10.8 Å². The number of aryl methyl sites for hydroxylation is 1. The highest BCUT2D eigenvalue weighted by atomic mass is 32.1. The second kappa shape index (κ2) is 7.44. The monoisotopic (exact) mass is 391 g/mol. The molecule has 0 unspecified atom stereocenters. The molecule has 4 rings (SSSR count). The predicted octanol–water partition coefficient (Wildman–Crippen LogP) is 3.94. The van der Waals surface area contributed by atoms with Crippen LogP contribution in [0.1, 0.15) is 20.9 Å². The number of para-hydroxylation sites is 1. The van der Waals surface area contributed by atoms with E-state index in [0.29, 0.717) is 17.1 Å². The number of rotatable bonds is 5. The van der Waals surface area contributed by atoms with Crippen LogP contribution >= 0.6 is 11.3 Å². The third-order valence-corrected chi connectivity index (χ3v) is 5.47. The summed E-state index contributed by atoms with van der Waals surface area (Å²) in [6, 6.07) is 15.8. The molecule has 2 heterocycles. The van der Waals surface area contributed by atoms with Crippen molar-refractivity contribution in [3.63, 3.8) is 0 Å². The zero-order valence-electron chi connectivity index (χ0n) is 16.0. The Kier molecular flexibility index (Phi) is 4.83. The van der Waals surface area contributed by atoms with Crippen LogP contribution in [0.5, 0.6) is 0 Å². The van der Waals surface area contributed by atoms with Crippen LogP contribution in [0.2, 0.25) is 0 Å². The lowest BCUT2D eigenvalue weighted by Crippen LogP contribution is -2.14. The summed E-state index contributed by atoms with van der Waals surface area (Å²) in [5.74, 6) is -0.184. The van der Waals surface area contributed by atoms with Crippen LogP contribution in [-0.4, -0.2) is 34.8 Å². The molecular weight excluding hydrogens is 370 g/mol. The molecule has 0 aliphatic rings. The van der Waals surface area contributed by atoms with E-state index >= 15 is 0 Å². The van der Waals surface area contributed by atoms with Gasteiger partial charge in [0.1, 0.15) is 5.01 Å². The smallest absolute Gasteiger partial charge is 0.257 e. The molecule has 0 saturated heterocycles. The summed E-state index contributed by atoms with van der Waals surface area (Å²) in [4.78, 5) is 14.5. The van der Waals surface area contributed by atoms with E-state index in [-0.39, 0.29) is 5.91 Å². The average Bonchev–Trinajstić information content (AvgIpc) is 3.26. The zero-order valence-corrected chi connectivity index (χ0v) is 16.8. The van der Waals surface area contributed by atoms with E-state index in [9.17, 15) is 4.79 Å². The average molecular weight is 392 g/mol. The van der Waals surface area contributed by atoms with Crippen molar-refractivity contribution in [1.29, 1.82) is 0 Å². The summed E-state index contributed by atoms with van der Waals surface area (Å²) >= 11 is 1.41. The molecule has 2 aromatic heterocycles. The molecule has 142 valence electrons. The van der Waals surface area contributed by atoms with Crippen LogP contribution in [0.3, 0.4) is 0 Å². The van der Waals surface area contributed by atoms with Crippen LogP contribution in [0, 0.1) is 0 Å². The number of nitrogens with zero attached hydrogens (tertiary/aromatic N) is 4. The topological polar surface area (TPSA) is 63.1 Å². The standard InChI is InChI=1S/C21H21N5OS/c1-25(2)16-8-6-7-14(11-16)20(27)22-21-24-23-19(28-21)12-15-13-26(3)18-10-5-4-9-17(15)18/h4-11,13H,12H2,1-3H3,(H,22,24,27). The number of nitrogens with one attached hydrogen (secondary N) is 1. The number of benzene rings is 2. The fraction of sp³-hybridized carbons (Fsp3) is 0.190. The molecule has 6 nitrogen and oxygen atoms in total. The van der Waals surface area contributed by atoms with Gasteiger partial charge in [-0.15, -0.1) is 10.2 Å². The maximum Gasteiger partial charge on any atom is 0.257 e. The third kappa shape index (κ3) is 3.61. The number of hydrogen-bond acceptors (Lipinski definition) is 5. The first-order valence-corrected chi connectivity index (χ1v) is 9.77. The SMILES string of the molecule is CN(C)c1cccc(C(=O)Nc2nnc(Cc3cn(C)c4ccccc34)s2)c1. The van der Waals surface area contributed by atoms with Crippen molar-refractivity contribution in [2.45, 2.75) is 6.42 Å². The van der Waals surface area contributed by atoms with Gasteiger partial charge in [-0.25, -0.2) is 0 Å². The minimum atomic E-state index is -0.184. The molecular formula is C21H21N5OS. The van der Waals surface area contributed by atoms with Gasteiger partial charge in [0.05, 0.1) is 0 Å². The van der Waals surface area contributed by atoms with Crippen molar-refractivity contribution >= 4 is 39.0 Å². The van der Waals surface area contributed by atoms with E-state index < -0.39 is 0 Å². The normalized spacial score (nSPS) is 11.0. The van der Waals surface area contributed by atoms with Crippen molar-refractivity contribution in [2.75, 3.05) is 24.3 Å². The lowest BCUT2D eigenvalue weighted by molar-refractivity contribution is 0.102. The van der Waals surface area contributed by atoms with Crippen LogP contribution in [0.15, 0.2) is 54.7 Å². The van der Waals surface area contributed by atoms with Crippen molar-refractivity contribution in [1.82, 2.24) is 14.8 Å². The number of aromatic nitrogens is 3. The van der Waals surface area contributed by atoms with E-state index in [1.54, 1.807) is 6.07 Å². The fourth-order valence-corrected chi connectivity index (χ4v) is 3.96. The highest BCUT2D eigenvalue weighted by Gasteiger charge is 2.13. The Bertz CT molecular complexity index is 1140. The van der Waals surface area contributed by atoms with E-state index in [2.05, 4.69) is 38.4 Å². The third-order valence-electron chi connectivity index (χ3n) is 4.63. The van der Waals surface area contributed by atoms with Gasteiger partial charge in [-0.05, 0) is 29.8 Å². The molecule has 0 fully saturated rings. The maximum absolute atomic E-state index is 12.5. The highest BCUT2D eigenvalue weighted by Crippen LogP contribution is 2.25. The van der Waals surface area contributed by atoms with Gasteiger partial charge in [-0.3, -0.25) is 10.1 Å². The highest BCUT2D eigenvalue weighted by molar-refractivity contribution is 7.15. The summed E-state index contributed by atoms with van der Waals surface area (Å²) in [5, 5.41) is 13.8. The lowest BCUT2D eigenvalue weighted by Gasteiger charge is -2.13. The summed E-state index contributed by atoms with van der Waals surface area (Å²) in [5.41, 5.74) is 3.96. The molecule has 0 spiro atoms. The van der Waals surface area contributed by atoms with Crippen molar-refractivity contribution in [2.24, 2.45) is 7.05 Å². The number of amides is 1. The maximum atomic E-state index is 12.5. The minimum absolute atomic E-state index is 0.184. The molecule has 1 N–H and O–H groups in total. The van der Waals surface area contributed by atoms with E-state index in [1.165, 1.54) is 27.8 Å². The first kappa shape index (κ1) is 18.2. The molecule has 0 bridgehead atoms. The van der Waals surface area contributed by atoms with Crippen molar-refractivity contribution < 1.29 is 4.79 Å². The number of hydrogen-bond donors (Lipinski definition) is 1. The molecule has 28 heavy (non-hydrogen) atoms. The second-order valence-electron chi connectivity index (χ2n) is 6.86. The Hall–Kier alpha value is -3.19. The van der Waals surface area contributed by atoms with Gasteiger partial charge < -0.3 is 9.47 Å². The summed E-state index contributed by atoms with van der Waals surface area (Å²) in [6.45, 7) is 0. The summed E-state index contributed by atoms with van der Waals surface area (Å²) in [7, 11) is 5.93. The Morgan fingerprint density at radius 2 is 1.96 bits per heavy atom. The van der Waals surface area contributed by atoms with Gasteiger partial charge in [0.15, 0.2) is 0 Å². The lowest BCUT2D eigenvalue weighted by atomic mass is 10.1. The first-order chi connectivity index (χ1) is 13.5. The van der Waals surface area contributed by atoms with Crippen LogP contribution < -0.4 is 10.2 Å². The predicted molar refractivity (Wildman–Crippen MR) is 114 cm³/mol. The summed E-state index contributed by atoms with van der Waals surface area (Å²) in [6.07, 6.45) is 2.81. The number of carbonyl (C=O) groups excluding carboxylic acids is 1. The molecule has 0 atom stereocenters. The Labute approximate surface area is 167 Å². The van der Waals surface area contributed by atoms with E-state index in [1.807, 2.05) is 56.4 Å². The van der Waals surface area contributed by atoms with Crippen LogP contribution in [-0.2, 0) is 13.5 Å². The van der Waals surface area contributed by atoms with E-state index in [0.717, 1.165) is 10.7 Å². The zero-order chi connectivity index (χ0) is 19.7. The largest absolute Gasteiger partial charge is 0.378 e. The molecule has 2 aromatic carbocycles. The molecule has 7 heteroatoms. The van der Waals surface area contributed by atoms with Gasteiger partial charge in [-0.1, -0.05) is 35.6 Å². The van der Waals surface area contributed by atoms with E-state index in [4.69, 9.17) is 0 Å². The molecule has 4 aromatic rings. The first-order valence-electron chi connectivity index (χ1n) is 8.95. The molecule has 0 aliphatic carbocycles. The summed E-state index contributed by atoms with van der Waals surface area (Å²) < 4.78 is 2.12. The van der Waals surface area contributed by atoms with Crippen molar-refractivity contribution in [3.05, 3.63) is 70.9 Å². The molecule has 0 radical (unpaired) electrons. The second-order valence-corrected chi connectivity index (χ2v) is 7.92. The number of fused-ring (bicyclic) bond motifs is 1. The van der Waals surface area contributed by atoms with Crippen LogP contribution in [0.25, 0.3) is 10.9 Å². The Balaban J connectivity index is 1.50. The Morgan fingerprint density at radius 3 is 2.79 bits per heavy atom. The van der Waals surface area contributed by atoms with Crippen molar-refractivity contribution in [3.8, 4) is 0 Å². The number of anilines is 2. The van der Waals surface area contributed by atoms with Gasteiger partial charge in [0.25, 0.3) is 5.91 Å². The molecule has 0 saturated carbocycles. The van der Waals surface area contributed by atoms with Gasteiger partial charge in [0.2, 0.25) is 5.13 Å². The fourth-order valence-electron chi connectivity index (χ4n) is 3.20. The molecule has 1 amide bonds. The number of carbonyl (C=O) groups is 1. The van der Waals surface area contributed by atoms with Gasteiger partial charge in [0, 0.05) is 55.9 Å².